The van der Waals surface area contributed by atoms with Crippen molar-refractivity contribution in [2.24, 2.45) is 0 Å². The SMILES string of the molecule is CC1(O)CCCC1c1ccc2c(CC(=O)OCCC(F)(F)C(F)(F)S(=O)(=O)O)cccc2c1. The molecule has 0 aliphatic heterocycles. The zero-order chi connectivity index (χ0) is 24.7. The summed E-state index contributed by atoms with van der Waals surface area (Å²) in [5.41, 5.74) is 0.688. The monoisotopic (exact) mass is 492 g/mol. The first-order valence-electron chi connectivity index (χ1n) is 10.3. The molecule has 1 saturated carbocycles. The highest BCUT2D eigenvalue weighted by atomic mass is 32.2. The van der Waals surface area contributed by atoms with Gasteiger partial charge in [-0.1, -0.05) is 36.4 Å². The van der Waals surface area contributed by atoms with Gasteiger partial charge in [0, 0.05) is 5.92 Å². The fourth-order valence-electron chi connectivity index (χ4n) is 4.25. The number of hydrogen-bond donors (Lipinski definition) is 2. The van der Waals surface area contributed by atoms with Crippen molar-refractivity contribution < 1.29 is 45.2 Å². The van der Waals surface area contributed by atoms with Crippen molar-refractivity contribution in [3.63, 3.8) is 0 Å². The molecule has 1 fully saturated rings. The number of carbonyl (C=O) groups is 1. The van der Waals surface area contributed by atoms with Crippen molar-refractivity contribution in [1.29, 1.82) is 0 Å². The van der Waals surface area contributed by atoms with E-state index < -0.39 is 45.9 Å². The lowest BCUT2D eigenvalue weighted by Gasteiger charge is -2.26. The van der Waals surface area contributed by atoms with Crippen molar-refractivity contribution in [2.75, 3.05) is 6.61 Å². The number of hydrogen-bond acceptors (Lipinski definition) is 5. The van der Waals surface area contributed by atoms with E-state index in [1.54, 1.807) is 25.1 Å². The molecule has 1 aliphatic rings. The van der Waals surface area contributed by atoms with Crippen LogP contribution in [0.2, 0.25) is 0 Å². The maximum absolute atomic E-state index is 13.5. The number of aliphatic hydroxyl groups is 1. The van der Waals surface area contributed by atoms with Crippen LogP contribution in [-0.4, -0.2) is 47.4 Å². The van der Waals surface area contributed by atoms with Crippen LogP contribution in [0.15, 0.2) is 36.4 Å². The molecule has 2 N–H and O–H groups in total. The molecule has 0 saturated heterocycles. The molecule has 33 heavy (non-hydrogen) atoms. The van der Waals surface area contributed by atoms with Crippen molar-refractivity contribution in [3.05, 3.63) is 47.5 Å². The minimum absolute atomic E-state index is 0.0157. The molecule has 0 bridgehead atoms. The van der Waals surface area contributed by atoms with Gasteiger partial charge in [-0.3, -0.25) is 9.35 Å². The van der Waals surface area contributed by atoms with E-state index in [2.05, 4.69) is 4.74 Å². The van der Waals surface area contributed by atoms with Crippen LogP contribution >= 0.6 is 0 Å². The second-order valence-corrected chi connectivity index (χ2v) is 10.0. The van der Waals surface area contributed by atoms with Gasteiger partial charge in [0.05, 0.1) is 25.0 Å². The van der Waals surface area contributed by atoms with Gasteiger partial charge in [0.15, 0.2) is 0 Å². The Hall–Kier alpha value is -2.24. The highest BCUT2D eigenvalue weighted by Crippen LogP contribution is 2.43. The van der Waals surface area contributed by atoms with Crippen molar-refractivity contribution in [1.82, 2.24) is 0 Å². The molecule has 0 radical (unpaired) electrons. The Labute approximate surface area is 188 Å². The van der Waals surface area contributed by atoms with Gasteiger partial charge < -0.3 is 9.84 Å². The molecule has 2 unspecified atom stereocenters. The molecule has 0 aromatic heterocycles. The maximum atomic E-state index is 13.5. The van der Waals surface area contributed by atoms with Crippen LogP contribution in [0.1, 0.15) is 49.7 Å². The number of rotatable bonds is 8. The summed E-state index contributed by atoms with van der Waals surface area (Å²) in [6.07, 6.45) is 0.364. The Kier molecular flexibility index (Phi) is 6.80. The van der Waals surface area contributed by atoms with Gasteiger partial charge in [0.2, 0.25) is 0 Å². The molecule has 2 aromatic carbocycles. The number of halogens is 4. The lowest BCUT2D eigenvalue weighted by atomic mass is 9.85. The predicted molar refractivity (Wildman–Crippen MR) is 112 cm³/mol. The van der Waals surface area contributed by atoms with E-state index in [1.165, 1.54) is 0 Å². The largest absolute Gasteiger partial charge is 0.465 e. The van der Waals surface area contributed by atoms with Gasteiger partial charge in [-0.25, -0.2) is 0 Å². The van der Waals surface area contributed by atoms with E-state index in [0.717, 1.165) is 23.8 Å². The van der Waals surface area contributed by atoms with E-state index in [9.17, 15) is 35.9 Å². The Balaban J connectivity index is 1.68. The van der Waals surface area contributed by atoms with Crippen LogP contribution in [0.5, 0.6) is 0 Å². The van der Waals surface area contributed by atoms with Crippen LogP contribution in [0.4, 0.5) is 17.6 Å². The lowest BCUT2D eigenvalue weighted by molar-refractivity contribution is -0.174. The smallest absolute Gasteiger partial charge is 0.431 e. The number of fused-ring (bicyclic) bond motifs is 1. The summed E-state index contributed by atoms with van der Waals surface area (Å²) in [6.45, 7) is 0.638. The zero-order valence-corrected chi connectivity index (χ0v) is 18.5. The standard InChI is InChI=1S/C22H24F4O6S/c1-20(28)9-3-6-18(20)16-7-8-17-14(12-16)4-2-5-15(17)13-19(27)32-11-10-21(23,24)22(25,26)33(29,30)31/h2,4-5,7-8,12,18,28H,3,6,9-11,13H2,1H3,(H,29,30,31). The van der Waals surface area contributed by atoms with Crippen molar-refractivity contribution in [3.8, 4) is 0 Å². The van der Waals surface area contributed by atoms with Crippen LogP contribution in [0.25, 0.3) is 10.8 Å². The number of alkyl halides is 4. The molecule has 1 aliphatic carbocycles. The molecule has 0 spiro atoms. The maximum Gasteiger partial charge on any atom is 0.431 e. The molecule has 2 aromatic rings. The molecule has 6 nitrogen and oxygen atoms in total. The molecule has 0 amide bonds. The quantitative estimate of drug-likeness (QED) is 0.321. The molecule has 0 heterocycles. The average Bonchev–Trinajstić information content (AvgIpc) is 3.05. The van der Waals surface area contributed by atoms with Gasteiger partial charge >= 0.3 is 27.3 Å². The second kappa shape index (κ2) is 8.84. The van der Waals surface area contributed by atoms with E-state index in [4.69, 9.17) is 4.55 Å². The number of esters is 1. The van der Waals surface area contributed by atoms with E-state index in [-0.39, 0.29) is 12.3 Å². The normalized spacial score (nSPS) is 22.0. The third-order valence-electron chi connectivity index (χ3n) is 6.09. The Bertz CT molecular complexity index is 1150. The summed E-state index contributed by atoms with van der Waals surface area (Å²) >= 11 is 0. The third kappa shape index (κ3) is 5.15. The van der Waals surface area contributed by atoms with Crippen LogP contribution < -0.4 is 0 Å². The second-order valence-electron chi connectivity index (χ2n) is 8.54. The first kappa shape index (κ1) is 25.4. The van der Waals surface area contributed by atoms with Crippen LogP contribution in [-0.2, 0) is 26.1 Å². The molecule has 2 atom stereocenters. The lowest BCUT2D eigenvalue weighted by Crippen LogP contribution is -2.47. The summed E-state index contributed by atoms with van der Waals surface area (Å²) in [7, 11) is -6.34. The minimum Gasteiger partial charge on any atom is -0.465 e. The number of ether oxygens (including phenoxy) is 1. The summed E-state index contributed by atoms with van der Waals surface area (Å²) in [4.78, 5) is 12.1. The van der Waals surface area contributed by atoms with Gasteiger partial charge in [-0.2, -0.15) is 26.0 Å². The van der Waals surface area contributed by atoms with Gasteiger partial charge in [0.1, 0.15) is 0 Å². The van der Waals surface area contributed by atoms with E-state index >= 15 is 0 Å². The third-order valence-corrected chi connectivity index (χ3v) is 7.03. The fraction of sp³-hybridized carbons (Fsp3) is 0.500. The highest BCUT2D eigenvalue weighted by Gasteiger charge is 2.65. The molecule has 11 heteroatoms. The van der Waals surface area contributed by atoms with Gasteiger partial charge in [-0.05, 0) is 48.1 Å². The predicted octanol–water partition coefficient (Wildman–Crippen LogP) is 4.45. The first-order valence-corrected chi connectivity index (χ1v) is 11.7. The van der Waals surface area contributed by atoms with E-state index in [0.29, 0.717) is 17.4 Å². The molecule has 182 valence electrons. The minimum atomic E-state index is -6.34. The van der Waals surface area contributed by atoms with E-state index in [1.807, 2.05) is 18.2 Å². The fourth-order valence-corrected chi connectivity index (χ4v) is 4.73. The highest BCUT2D eigenvalue weighted by molar-refractivity contribution is 7.87. The Morgan fingerprint density at radius 1 is 1.21 bits per heavy atom. The zero-order valence-electron chi connectivity index (χ0n) is 17.7. The molecular weight excluding hydrogens is 468 g/mol. The summed E-state index contributed by atoms with van der Waals surface area (Å²) in [6, 6.07) is 10.7. The Morgan fingerprint density at radius 2 is 1.91 bits per heavy atom. The van der Waals surface area contributed by atoms with Gasteiger partial charge in [-0.15, -0.1) is 0 Å². The first-order chi connectivity index (χ1) is 15.2. The summed E-state index contributed by atoms with van der Waals surface area (Å²) in [5, 5.41) is 6.39. The average molecular weight is 492 g/mol. The number of carbonyl (C=O) groups excluding carboxylic acids is 1. The summed E-state index contributed by atoms with van der Waals surface area (Å²) < 4.78 is 87.4. The topological polar surface area (TPSA) is 101 Å². The summed E-state index contributed by atoms with van der Waals surface area (Å²) in [5.74, 6) is -6.10. The van der Waals surface area contributed by atoms with Gasteiger partial charge in [0.25, 0.3) is 0 Å². The van der Waals surface area contributed by atoms with Crippen LogP contribution in [0.3, 0.4) is 0 Å². The molecular formula is C22H24F4O6S. The Morgan fingerprint density at radius 3 is 2.52 bits per heavy atom. The van der Waals surface area contributed by atoms with Crippen molar-refractivity contribution >= 4 is 26.9 Å². The van der Waals surface area contributed by atoms with Crippen molar-refractivity contribution in [2.45, 2.75) is 61.7 Å². The number of benzene rings is 2. The molecule has 3 rings (SSSR count). The van der Waals surface area contributed by atoms with Crippen LogP contribution in [0, 0.1) is 0 Å².